The molecule has 0 aliphatic rings. The molecule has 0 aromatic carbocycles. The number of fused-ring (bicyclic) bond motifs is 1. The Balaban J connectivity index is 2.26. The number of rotatable bonds is 3. The van der Waals surface area contributed by atoms with Crippen molar-refractivity contribution in [2.45, 2.75) is 72.7 Å². The smallest absolute Gasteiger partial charge is 0.280 e. The van der Waals surface area contributed by atoms with Crippen LogP contribution in [0.15, 0.2) is 11.0 Å². The van der Waals surface area contributed by atoms with Gasteiger partial charge in [-0.1, -0.05) is 47.5 Å². The maximum atomic E-state index is 12.4. The standard InChI is InChI=1S/C21H31N5O3Si/c1-13(29-30(8,9)21(5,6)7)10-11-14-12-22-16-15(23-14)17(27)25-19(24-16)26-18(28)20(2,3)4/h12-13H,1-9H3,(H2,22,24,25,26,27,28). The van der Waals surface area contributed by atoms with Crippen LogP contribution in [0, 0.1) is 17.3 Å². The summed E-state index contributed by atoms with van der Waals surface area (Å²) in [4.78, 5) is 39.7. The molecule has 1 amide bonds. The molecule has 0 saturated heterocycles. The number of anilines is 1. The number of aromatic amines is 1. The van der Waals surface area contributed by atoms with E-state index in [1.54, 1.807) is 20.8 Å². The van der Waals surface area contributed by atoms with Gasteiger partial charge in [0.15, 0.2) is 19.5 Å². The van der Waals surface area contributed by atoms with Gasteiger partial charge in [-0.2, -0.15) is 4.98 Å². The van der Waals surface area contributed by atoms with Crippen LogP contribution in [-0.4, -0.2) is 40.3 Å². The van der Waals surface area contributed by atoms with Crippen molar-refractivity contribution in [2.75, 3.05) is 5.32 Å². The minimum absolute atomic E-state index is 0.0388. The fourth-order valence-corrected chi connectivity index (χ4v) is 3.45. The Morgan fingerprint density at radius 2 is 1.83 bits per heavy atom. The topological polar surface area (TPSA) is 110 Å². The van der Waals surface area contributed by atoms with Crippen LogP contribution in [0.5, 0.6) is 0 Å². The van der Waals surface area contributed by atoms with Crippen LogP contribution in [0.3, 0.4) is 0 Å². The zero-order valence-electron chi connectivity index (χ0n) is 19.2. The van der Waals surface area contributed by atoms with E-state index in [-0.39, 0.29) is 34.2 Å². The molecular formula is C21H31N5O3Si. The molecule has 8 nitrogen and oxygen atoms in total. The number of hydrogen-bond donors (Lipinski definition) is 2. The van der Waals surface area contributed by atoms with Crippen LogP contribution in [0.25, 0.3) is 11.2 Å². The van der Waals surface area contributed by atoms with Crippen molar-refractivity contribution in [3.05, 3.63) is 22.2 Å². The van der Waals surface area contributed by atoms with E-state index in [0.717, 1.165) is 0 Å². The van der Waals surface area contributed by atoms with Gasteiger partial charge in [0.1, 0.15) is 11.8 Å². The Hall–Kier alpha value is -2.57. The van der Waals surface area contributed by atoms with Gasteiger partial charge in [0.2, 0.25) is 11.9 Å². The molecule has 0 saturated carbocycles. The number of nitrogens with one attached hydrogen (secondary N) is 2. The lowest BCUT2D eigenvalue weighted by molar-refractivity contribution is -0.123. The van der Waals surface area contributed by atoms with Crippen LogP contribution in [0.1, 0.15) is 54.2 Å². The number of H-pyrrole nitrogens is 1. The average molecular weight is 430 g/mol. The third kappa shape index (κ3) is 5.74. The molecular weight excluding hydrogens is 398 g/mol. The third-order valence-corrected chi connectivity index (χ3v) is 9.57. The van der Waals surface area contributed by atoms with Crippen molar-refractivity contribution >= 4 is 31.3 Å². The minimum atomic E-state index is -1.93. The summed E-state index contributed by atoms with van der Waals surface area (Å²) in [5.41, 5.74) is -0.563. The first kappa shape index (κ1) is 23.7. The van der Waals surface area contributed by atoms with Gasteiger partial charge in [-0.3, -0.25) is 19.9 Å². The van der Waals surface area contributed by atoms with Gasteiger partial charge >= 0.3 is 0 Å². The summed E-state index contributed by atoms with van der Waals surface area (Å²) in [6.07, 6.45) is 1.19. The number of amides is 1. The van der Waals surface area contributed by atoms with E-state index in [0.29, 0.717) is 5.69 Å². The summed E-state index contributed by atoms with van der Waals surface area (Å²) in [6, 6.07) is 0. The monoisotopic (exact) mass is 429 g/mol. The summed E-state index contributed by atoms with van der Waals surface area (Å²) in [5.74, 6) is 5.73. The molecule has 2 heterocycles. The zero-order chi connectivity index (χ0) is 22.9. The van der Waals surface area contributed by atoms with Crippen LogP contribution in [-0.2, 0) is 9.22 Å². The summed E-state index contributed by atoms with van der Waals surface area (Å²) < 4.78 is 6.21. The van der Waals surface area contributed by atoms with Crippen LogP contribution in [0.2, 0.25) is 18.1 Å². The summed E-state index contributed by atoms with van der Waals surface area (Å²) >= 11 is 0. The van der Waals surface area contributed by atoms with E-state index in [9.17, 15) is 9.59 Å². The maximum absolute atomic E-state index is 12.4. The summed E-state index contributed by atoms with van der Waals surface area (Å²) in [6.45, 7) is 18.1. The highest BCUT2D eigenvalue weighted by atomic mass is 28.4. The van der Waals surface area contributed by atoms with Gasteiger partial charge in [-0.15, -0.1) is 0 Å². The number of nitrogens with zero attached hydrogens (tertiary/aromatic N) is 3. The molecule has 2 aromatic rings. The zero-order valence-corrected chi connectivity index (χ0v) is 20.2. The van der Waals surface area contributed by atoms with Gasteiger partial charge in [-0.05, 0) is 31.0 Å². The number of hydrogen-bond acceptors (Lipinski definition) is 6. The molecule has 0 aliphatic carbocycles. The Bertz CT molecular complexity index is 1070. The Labute approximate surface area is 178 Å². The highest BCUT2D eigenvalue weighted by molar-refractivity contribution is 6.74. The first-order chi connectivity index (χ1) is 13.6. The molecule has 0 radical (unpaired) electrons. The number of carbonyl (C=O) groups is 1. The highest BCUT2D eigenvalue weighted by Gasteiger charge is 2.38. The fourth-order valence-electron chi connectivity index (χ4n) is 2.16. The molecule has 30 heavy (non-hydrogen) atoms. The normalized spacial score (nSPS) is 13.5. The second-order valence-corrected chi connectivity index (χ2v) is 14.6. The second-order valence-electron chi connectivity index (χ2n) is 9.84. The SMILES string of the molecule is CC(C#Cc1cnc2nc(NC(=O)C(C)(C)C)[nH]c(=O)c2n1)O[Si](C)(C)C(C)(C)C. The Kier molecular flexibility index (Phi) is 6.54. The van der Waals surface area contributed by atoms with E-state index >= 15 is 0 Å². The van der Waals surface area contributed by atoms with Crippen molar-refractivity contribution in [1.29, 1.82) is 0 Å². The largest absolute Gasteiger partial charge is 0.404 e. The Morgan fingerprint density at radius 3 is 2.40 bits per heavy atom. The third-order valence-electron chi connectivity index (χ3n) is 5.01. The summed E-state index contributed by atoms with van der Waals surface area (Å²) in [5, 5.41) is 2.68. The van der Waals surface area contributed by atoms with E-state index < -0.39 is 19.3 Å². The lowest BCUT2D eigenvalue weighted by atomic mass is 9.96. The minimum Gasteiger partial charge on any atom is -0.404 e. The quantitative estimate of drug-likeness (QED) is 0.571. The van der Waals surface area contributed by atoms with Gasteiger partial charge in [-0.25, -0.2) is 9.97 Å². The Morgan fingerprint density at radius 1 is 1.20 bits per heavy atom. The van der Waals surface area contributed by atoms with Crippen molar-refractivity contribution in [3.63, 3.8) is 0 Å². The molecule has 9 heteroatoms. The highest BCUT2D eigenvalue weighted by Crippen LogP contribution is 2.37. The second kappa shape index (κ2) is 8.28. The van der Waals surface area contributed by atoms with E-state index in [1.807, 2.05) is 6.92 Å². The number of aromatic nitrogens is 4. The lowest BCUT2D eigenvalue weighted by Crippen LogP contribution is -2.43. The first-order valence-electron chi connectivity index (χ1n) is 9.88. The molecule has 162 valence electrons. The predicted molar refractivity (Wildman–Crippen MR) is 121 cm³/mol. The fraction of sp³-hybridized carbons (Fsp3) is 0.571. The van der Waals surface area contributed by atoms with Crippen LogP contribution >= 0.6 is 0 Å². The van der Waals surface area contributed by atoms with Crippen LogP contribution < -0.4 is 10.9 Å². The maximum Gasteiger partial charge on any atom is 0.280 e. The van der Waals surface area contributed by atoms with Gasteiger partial charge in [0.25, 0.3) is 5.56 Å². The van der Waals surface area contributed by atoms with E-state index in [4.69, 9.17) is 4.43 Å². The van der Waals surface area contributed by atoms with E-state index in [2.05, 4.69) is 71.0 Å². The average Bonchev–Trinajstić information content (AvgIpc) is 2.58. The van der Waals surface area contributed by atoms with E-state index in [1.165, 1.54) is 6.20 Å². The summed E-state index contributed by atoms with van der Waals surface area (Å²) in [7, 11) is -1.93. The van der Waals surface area contributed by atoms with Crippen molar-refractivity contribution < 1.29 is 9.22 Å². The van der Waals surface area contributed by atoms with Crippen molar-refractivity contribution in [1.82, 2.24) is 19.9 Å². The molecule has 0 aliphatic heterocycles. The van der Waals surface area contributed by atoms with Crippen LogP contribution in [0.4, 0.5) is 5.95 Å². The molecule has 0 bridgehead atoms. The molecule has 2 rings (SSSR count). The van der Waals surface area contributed by atoms with Crippen molar-refractivity contribution in [2.24, 2.45) is 5.41 Å². The molecule has 1 atom stereocenters. The molecule has 0 fully saturated rings. The molecule has 0 spiro atoms. The molecule has 2 N–H and O–H groups in total. The predicted octanol–water partition coefficient (Wildman–Crippen LogP) is 3.46. The molecule has 1 unspecified atom stereocenters. The molecule has 2 aromatic heterocycles. The van der Waals surface area contributed by atoms with Gasteiger partial charge in [0.05, 0.1) is 6.20 Å². The van der Waals surface area contributed by atoms with Gasteiger partial charge in [0, 0.05) is 5.41 Å². The van der Waals surface area contributed by atoms with Gasteiger partial charge < -0.3 is 4.43 Å². The number of carbonyl (C=O) groups excluding carboxylic acids is 1. The van der Waals surface area contributed by atoms with Crippen molar-refractivity contribution in [3.8, 4) is 11.8 Å². The lowest BCUT2D eigenvalue weighted by Gasteiger charge is -2.37. The first-order valence-corrected chi connectivity index (χ1v) is 12.8.